The van der Waals surface area contributed by atoms with Crippen LogP contribution in [0.5, 0.6) is 0 Å². The van der Waals surface area contributed by atoms with Gasteiger partial charge in [-0.3, -0.25) is 14.4 Å². The highest BCUT2D eigenvalue weighted by atomic mass is 16.6. The summed E-state index contributed by atoms with van der Waals surface area (Å²) in [5.41, 5.74) is 0. The lowest BCUT2D eigenvalue weighted by atomic mass is 10.0. The Bertz CT molecular complexity index is 1450. The van der Waals surface area contributed by atoms with Crippen LogP contribution in [0.1, 0.15) is 323 Å². The van der Waals surface area contributed by atoms with E-state index in [0.717, 1.165) is 116 Å². The topological polar surface area (TPSA) is 78.9 Å². The van der Waals surface area contributed by atoms with Gasteiger partial charge in [0.25, 0.3) is 0 Å². The molecule has 0 aromatic rings. The van der Waals surface area contributed by atoms with Gasteiger partial charge in [0.15, 0.2) is 6.10 Å². The van der Waals surface area contributed by atoms with Crippen LogP contribution in [-0.2, 0) is 28.6 Å². The minimum absolute atomic E-state index is 0.0843. The van der Waals surface area contributed by atoms with E-state index in [2.05, 4.69) is 106 Å². The van der Waals surface area contributed by atoms with E-state index in [1.165, 1.54) is 167 Å². The zero-order chi connectivity index (χ0) is 55.0. The maximum atomic E-state index is 12.9. The van der Waals surface area contributed by atoms with Crippen molar-refractivity contribution in [3.8, 4) is 0 Å². The molecule has 0 aromatic carbocycles. The molecule has 0 amide bonds. The zero-order valence-electron chi connectivity index (χ0n) is 50.3. The van der Waals surface area contributed by atoms with Gasteiger partial charge in [0, 0.05) is 19.3 Å². The van der Waals surface area contributed by atoms with Crippen LogP contribution < -0.4 is 0 Å². The number of carbonyl (C=O) groups is 3. The fourth-order valence-corrected chi connectivity index (χ4v) is 9.17. The third-order valence-corrected chi connectivity index (χ3v) is 14.1. The molecule has 6 nitrogen and oxygen atoms in total. The molecule has 1 unspecified atom stereocenters. The van der Waals surface area contributed by atoms with Crippen LogP contribution in [0.25, 0.3) is 0 Å². The van der Waals surface area contributed by atoms with Crippen molar-refractivity contribution in [1.29, 1.82) is 0 Å². The summed E-state index contributed by atoms with van der Waals surface area (Å²) < 4.78 is 16.9. The smallest absolute Gasteiger partial charge is 0.306 e. The van der Waals surface area contributed by atoms with Crippen molar-refractivity contribution in [1.82, 2.24) is 0 Å². The van der Waals surface area contributed by atoms with Gasteiger partial charge in [-0.25, -0.2) is 0 Å². The lowest BCUT2D eigenvalue weighted by Gasteiger charge is -2.18. The van der Waals surface area contributed by atoms with Crippen molar-refractivity contribution in [3.63, 3.8) is 0 Å². The molecular weight excluding hydrogens is 937 g/mol. The zero-order valence-corrected chi connectivity index (χ0v) is 50.3. The lowest BCUT2D eigenvalue weighted by Crippen LogP contribution is -2.30. The molecule has 0 bridgehead atoms. The summed E-state index contributed by atoms with van der Waals surface area (Å²) in [5.74, 6) is -0.897. The second-order valence-corrected chi connectivity index (χ2v) is 21.7. The van der Waals surface area contributed by atoms with Crippen LogP contribution in [0.3, 0.4) is 0 Å². The number of unbranched alkanes of at least 4 members (excludes halogenated alkanes) is 34. The van der Waals surface area contributed by atoms with E-state index in [9.17, 15) is 14.4 Å². The highest BCUT2D eigenvalue weighted by Gasteiger charge is 2.19. The second-order valence-electron chi connectivity index (χ2n) is 21.7. The molecular formula is C70H122O6. The number of rotatable bonds is 59. The lowest BCUT2D eigenvalue weighted by molar-refractivity contribution is -0.167. The summed E-state index contributed by atoms with van der Waals surface area (Å²) in [7, 11) is 0. The van der Waals surface area contributed by atoms with Crippen molar-refractivity contribution in [2.75, 3.05) is 13.2 Å². The number of carbonyl (C=O) groups excluding carboxylic acids is 3. The molecule has 438 valence electrons. The van der Waals surface area contributed by atoms with E-state index in [1.54, 1.807) is 0 Å². The third kappa shape index (κ3) is 61.4. The molecule has 6 heteroatoms. The van der Waals surface area contributed by atoms with Gasteiger partial charge < -0.3 is 14.2 Å². The minimum atomic E-state index is -0.789. The van der Waals surface area contributed by atoms with Gasteiger partial charge in [0.1, 0.15) is 13.2 Å². The van der Waals surface area contributed by atoms with Crippen LogP contribution in [0.4, 0.5) is 0 Å². The van der Waals surface area contributed by atoms with Crippen molar-refractivity contribution in [2.45, 2.75) is 329 Å². The van der Waals surface area contributed by atoms with E-state index in [-0.39, 0.29) is 31.1 Å². The van der Waals surface area contributed by atoms with E-state index in [0.29, 0.717) is 19.3 Å². The Hall–Kier alpha value is -3.41. The molecule has 0 radical (unpaired) electrons. The molecule has 0 N–H and O–H groups in total. The Morgan fingerprint density at radius 1 is 0.263 bits per heavy atom. The summed E-state index contributed by atoms with van der Waals surface area (Å²) in [5, 5.41) is 0. The van der Waals surface area contributed by atoms with E-state index in [4.69, 9.17) is 14.2 Å². The fourth-order valence-electron chi connectivity index (χ4n) is 9.17. The Kier molecular flexibility index (Phi) is 61.2. The average molecular weight is 1060 g/mol. The van der Waals surface area contributed by atoms with Crippen molar-refractivity contribution >= 4 is 17.9 Å². The summed E-state index contributed by atoms with van der Waals surface area (Å²) >= 11 is 0. The van der Waals surface area contributed by atoms with Gasteiger partial charge in [-0.1, -0.05) is 273 Å². The van der Waals surface area contributed by atoms with Crippen LogP contribution >= 0.6 is 0 Å². The number of hydrogen-bond acceptors (Lipinski definition) is 6. The van der Waals surface area contributed by atoms with E-state index in [1.807, 2.05) is 0 Å². The molecule has 76 heavy (non-hydrogen) atoms. The molecule has 0 fully saturated rings. The normalized spacial score (nSPS) is 12.6. The van der Waals surface area contributed by atoms with Crippen LogP contribution in [0, 0.1) is 0 Å². The molecule has 0 aliphatic carbocycles. The highest BCUT2D eigenvalue weighted by molar-refractivity contribution is 5.71. The maximum absolute atomic E-state index is 12.9. The summed E-state index contributed by atoms with van der Waals surface area (Å²) in [6, 6.07) is 0. The summed E-state index contributed by atoms with van der Waals surface area (Å²) in [6.07, 6.45) is 84.5. The molecule has 0 saturated carbocycles. The number of esters is 3. The second kappa shape index (κ2) is 64.1. The molecule has 0 aromatic heterocycles. The Labute approximate surface area is 471 Å². The first-order valence-corrected chi connectivity index (χ1v) is 32.6. The fraction of sp³-hybridized carbons (Fsp3) is 0.757. The molecule has 0 heterocycles. The quantitative estimate of drug-likeness (QED) is 0.0261. The van der Waals surface area contributed by atoms with Gasteiger partial charge in [0.2, 0.25) is 0 Å². The first-order valence-electron chi connectivity index (χ1n) is 32.6. The molecule has 0 spiro atoms. The van der Waals surface area contributed by atoms with Crippen molar-refractivity contribution in [3.05, 3.63) is 85.1 Å². The summed E-state index contributed by atoms with van der Waals surface area (Å²) in [6.45, 7) is 6.56. The van der Waals surface area contributed by atoms with Crippen molar-refractivity contribution in [2.24, 2.45) is 0 Å². The van der Waals surface area contributed by atoms with Gasteiger partial charge >= 0.3 is 17.9 Å². The first-order chi connectivity index (χ1) is 37.5. The number of ether oxygens (including phenoxy) is 3. The van der Waals surface area contributed by atoms with Crippen LogP contribution in [0.2, 0.25) is 0 Å². The standard InChI is InChI=1S/C70H122O6/c1-4-7-10-13-16-19-22-25-27-29-31-32-33-34-35-36-37-38-39-41-42-45-48-51-54-57-60-63-69(72)75-66-67(65-74-68(71)62-59-56-53-50-47-44-24-21-18-15-12-9-6-3)76-70(73)64-61-58-55-52-49-46-43-40-30-28-26-23-20-17-14-11-8-5-2/h12,15,20-25,28-31,33-34,67H,4-11,13-14,16-19,26-27,32,35-66H2,1-3H3/b15-12-,23-20-,24-21-,25-22-,30-28-,31-29-,34-33-. The maximum Gasteiger partial charge on any atom is 0.306 e. The van der Waals surface area contributed by atoms with Gasteiger partial charge in [-0.05, 0) is 116 Å². The predicted molar refractivity (Wildman–Crippen MR) is 330 cm³/mol. The van der Waals surface area contributed by atoms with Gasteiger partial charge in [-0.2, -0.15) is 0 Å². The van der Waals surface area contributed by atoms with E-state index >= 15 is 0 Å². The molecule has 0 aliphatic rings. The minimum Gasteiger partial charge on any atom is -0.462 e. The van der Waals surface area contributed by atoms with Gasteiger partial charge in [-0.15, -0.1) is 0 Å². The van der Waals surface area contributed by atoms with Crippen LogP contribution in [0.15, 0.2) is 85.1 Å². The average Bonchev–Trinajstić information content (AvgIpc) is 3.42. The Morgan fingerprint density at radius 3 is 0.803 bits per heavy atom. The highest BCUT2D eigenvalue weighted by Crippen LogP contribution is 2.16. The SMILES string of the molecule is CCC/C=C\C/C=C\CCCCCCCC(=O)OCC(COC(=O)CCCCCCCCCCCCCC/C=C\C/C=C\C/C=C\CCCCCCC)OC(=O)CCCCCCCCC/C=C\C/C=C\CCCCCC. The van der Waals surface area contributed by atoms with E-state index < -0.39 is 6.10 Å². The molecule has 0 rings (SSSR count). The third-order valence-electron chi connectivity index (χ3n) is 14.1. The summed E-state index contributed by atoms with van der Waals surface area (Å²) in [4.78, 5) is 38.3. The first kappa shape index (κ1) is 72.6. The Balaban J connectivity index is 4.29. The van der Waals surface area contributed by atoms with Gasteiger partial charge in [0.05, 0.1) is 0 Å². The molecule has 0 saturated heterocycles. The predicted octanol–water partition coefficient (Wildman–Crippen LogP) is 22.3. The Morgan fingerprint density at radius 2 is 0.500 bits per heavy atom. The molecule has 0 aliphatic heterocycles. The molecule has 1 atom stereocenters. The van der Waals surface area contributed by atoms with Crippen molar-refractivity contribution < 1.29 is 28.6 Å². The largest absolute Gasteiger partial charge is 0.462 e. The van der Waals surface area contributed by atoms with Crippen LogP contribution in [-0.4, -0.2) is 37.2 Å². The number of allylic oxidation sites excluding steroid dienone is 14. The monoisotopic (exact) mass is 1060 g/mol. The number of hydrogen-bond donors (Lipinski definition) is 0.